The molecule has 3 amide bonds. The molecule has 9 nitrogen and oxygen atoms in total. The second-order valence-electron chi connectivity index (χ2n) is 11.4. The number of alkyl halides is 1. The molecule has 44 heavy (non-hydrogen) atoms. The highest BCUT2D eigenvalue weighted by Crippen LogP contribution is 2.33. The molecule has 226 valence electrons. The number of hydrogen-bond acceptors (Lipinski definition) is 5. The van der Waals surface area contributed by atoms with Crippen LogP contribution in [0.2, 0.25) is 0 Å². The number of aromatic nitrogens is 3. The number of carbonyl (C=O) groups is 3. The van der Waals surface area contributed by atoms with Gasteiger partial charge in [0.15, 0.2) is 0 Å². The zero-order valence-electron chi connectivity index (χ0n) is 24.1. The summed E-state index contributed by atoms with van der Waals surface area (Å²) in [5.74, 6) is -1.50. The summed E-state index contributed by atoms with van der Waals surface area (Å²) in [5.41, 5.74) is 4.27. The van der Waals surface area contributed by atoms with Gasteiger partial charge in [-0.1, -0.05) is 30.4 Å². The fourth-order valence-corrected chi connectivity index (χ4v) is 5.50. The fourth-order valence-electron chi connectivity index (χ4n) is 5.50. The minimum absolute atomic E-state index is 0.0511. The van der Waals surface area contributed by atoms with Crippen LogP contribution >= 0.6 is 0 Å². The quantitative estimate of drug-likeness (QED) is 0.257. The van der Waals surface area contributed by atoms with Crippen molar-refractivity contribution < 1.29 is 23.2 Å². The van der Waals surface area contributed by atoms with Gasteiger partial charge >= 0.3 is 0 Å². The lowest BCUT2D eigenvalue weighted by Gasteiger charge is -2.26. The number of nitrogens with one attached hydrogen (secondary N) is 3. The number of likely N-dealkylation sites (tertiary alicyclic amines) is 1. The topological polar surface area (TPSA) is 120 Å². The molecule has 3 heterocycles. The van der Waals surface area contributed by atoms with E-state index in [-0.39, 0.29) is 18.7 Å². The Morgan fingerprint density at radius 1 is 1.11 bits per heavy atom. The van der Waals surface area contributed by atoms with Crippen molar-refractivity contribution in [1.82, 2.24) is 30.7 Å². The Balaban J connectivity index is 1.11. The highest BCUT2D eigenvalue weighted by molar-refractivity contribution is 5.97. The smallest absolute Gasteiger partial charge is 0.270 e. The van der Waals surface area contributed by atoms with Gasteiger partial charge in [-0.15, -0.1) is 0 Å². The Labute approximate surface area is 252 Å². The first-order valence-electron chi connectivity index (χ1n) is 14.6. The molecule has 11 heteroatoms. The molecule has 0 unspecified atom stereocenters. The third-order valence-electron chi connectivity index (χ3n) is 8.07. The molecule has 3 N–H and O–H groups in total. The molecule has 1 saturated carbocycles. The number of nitrogens with zero attached hydrogens (tertiary/aromatic N) is 3. The van der Waals surface area contributed by atoms with Gasteiger partial charge in [-0.25, -0.2) is 13.8 Å². The van der Waals surface area contributed by atoms with Gasteiger partial charge in [0.25, 0.3) is 5.91 Å². The van der Waals surface area contributed by atoms with Crippen molar-refractivity contribution in [3.63, 3.8) is 0 Å². The number of benzene rings is 2. The van der Waals surface area contributed by atoms with Crippen LogP contribution in [0.25, 0.3) is 28.1 Å². The molecule has 1 aliphatic carbocycles. The molecule has 2 aliphatic rings. The first-order valence-corrected chi connectivity index (χ1v) is 14.6. The number of aromatic amines is 1. The zero-order valence-corrected chi connectivity index (χ0v) is 24.1. The maximum Gasteiger partial charge on any atom is 0.270 e. The molecule has 4 aromatic rings. The maximum atomic E-state index is 14.6. The largest absolute Gasteiger partial charge is 0.348 e. The van der Waals surface area contributed by atoms with E-state index in [0.717, 1.165) is 35.1 Å². The molecular formula is C33H32F2N6O3. The van der Waals surface area contributed by atoms with E-state index in [9.17, 15) is 23.2 Å². The van der Waals surface area contributed by atoms with E-state index in [0.29, 0.717) is 16.8 Å². The van der Waals surface area contributed by atoms with Crippen molar-refractivity contribution in [2.24, 2.45) is 5.92 Å². The summed E-state index contributed by atoms with van der Waals surface area (Å²) in [6.07, 6.45) is 8.65. The van der Waals surface area contributed by atoms with Crippen LogP contribution in [0.1, 0.15) is 53.8 Å². The molecule has 0 spiro atoms. The van der Waals surface area contributed by atoms with Crippen molar-refractivity contribution >= 4 is 34.7 Å². The number of fused-ring (bicyclic) bond motifs is 1. The van der Waals surface area contributed by atoms with Crippen LogP contribution in [0.15, 0.2) is 67.0 Å². The van der Waals surface area contributed by atoms with E-state index < -0.39 is 48.3 Å². The van der Waals surface area contributed by atoms with E-state index in [4.69, 9.17) is 0 Å². The van der Waals surface area contributed by atoms with Crippen molar-refractivity contribution in [1.29, 1.82) is 0 Å². The van der Waals surface area contributed by atoms with E-state index in [2.05, 4.69) is 44.0 Å². The lowest BCUT2D eigenvalue weighted by Crippen LogP contribution is -2.49. The van der Waals surface area contributed by atoms with E-state index in [1.54, 1.807) is 12.3 Å². The minimum atomic E-state index is -1.37. The Kier molecular flexibility index (Phi) is 8.19. The van der Waals surface area contributed by atoms with Crippen molar-refractivity contribution in [3.8, 4) is 11.1 Å². The number of amides is 3. The number of halogens is 2. The molecular weight excluding hydrogens is 566 g/mol. The molecule has 0 radical (unpaired) electrons. The number of H-pyrrole nitrogens is 1. The van der Waals surface area contributed by atoms with Gasteiger partial charge in [0.1, 0.15) is 23.7 Å². The first kappa shape index (κ1) is 29.2. The molecule has 0 bridgehead atoms. The summed E-state index contributed by atoms with van der Waals surface area (Å²) in [5, 5.41) is 12.9. The van der Waals surface area contributed by atoms with Crippen LogP contribution in [-0.4, -0.2) is 63.1 Å². The maximum absolute atomic E-state index is 14.6. The van der Waals surface area contributed by atoms with E-state index in [1.165, 1.54) is 29.2 Å². The van der Waals surface area contributed by atoms with E-state index in [1.807, 2.05) is 25.3 Å². The van der Waals surface area contributed by atoms with Gasteiger partial charge in [0, 0.05) is 23.6 Å². The van der Waals surface area contributed by atoms with Crippen molar-refractivity contribution in [3.05, 3.63) is 89.6 Å². The summed E-state index contributed by atoms with van der Waals surface area (Å²) in [7, 11) is 0. The number of pyridine rings is 1. The lowest BCUT2D eigenvalue weighted by atomic mass is 9.96. The molecule has 2 fully saturated rings. The lowest BCUT2D eigenvalue weighted by molar-refractivity contribution is -0.138. The Morgan fingerprint density at radius 3 is 2.73 bits per heavy atom. The predicted octanol–water partition coefficient (Wildman–Crippen LogP) is 4.73. The Bertz CT molecular complexity index is 1740. The molecule has 3 atom stereocenters. The number of carbonyl (C=O) groups excluding carboxylic acids is 3. The second-order valence-corrected chi connectivity index (χ2v) is 11.4. The van der Waals surface area contributed by atoms with Gasteiger partial charge < -0.3 is 15.5 Å². The van der Waals surface area contributed by atoms with E-state index >= 15 is 0 Å². The third kappa shape index (κ3) is 6.51. The summed E-state index contributed by atoms with van der Waals surface area (Å²) in [6.45, 7) is 1.19. The van der Waals surface area contributed by atoms with Crippen LogP contribution in [-0.2, 0) is 9.59 Å². The van der Waals surface area contributed by atoms with Crippen LogP contribution in [0, 0.1) is 11.7 Å². The van der Waals surface area contributed by atoms with Gasteiger partial charge in [-0.2, -0.15) is 5.10 Å². The van der Waals surface area contributed by atoms with Crippen molar-refractivity contribution in [2.45, 2.75) is 44.4 Å². The summed E-state index contributed by atoms with van der Waals surface area (Å²) >= 11 is 0. The molecule has 1 saturated heterocycles. The number of hydrogen-bond donors (Lipinski definition) is 3. The highest BCUT2D eigenvalue weighted by atomic mass is 19.1. The zero-order chi connectivity index (χ0) is 30.8. The Hall–Kier alpha value is -4.93. The van der Waals surface area contributed by atoms with Gasteiger partial charge in [0.2, 0.25) is 11.8 Å². The standard InChI is InChI=1S/C33H32F2N6O3/c1-19(27-9-6-21(24-15-37-38-16-24)12-22(27)5-4-20-2-3-20)39-33(44)30-14-26(35)18-41(30)31(42)17-36-32(43)29-10-7-23-13-25(34)8-11-28(23)40-29/h4-13,15-16,19-20,26,30H,2-3,14,17-18H2,1H3,(H,36,43)(H,37,38)(H,39,44)/b5-4+/t19-,26+,30-/m0/s1. The Morgan fingerprint density at radius 2 is 1.95 bits per heavy atom. The number of rotatable bonds is 9. The minimum Gasteiger partial charge on any atom is -0.348 e. The SMILES string of the molecule is C[C@H](NC(=O)[C@@H]1C[C@@H](F)CN1C(=O)CNC(=O)c1ccc2cc(F)ccc2n1)c1ccc(-c2cn[nH]c2)cc1/C=C/C1CC1. The monoisotopic (exact) mass is 598 g/mol. The van der Waals surface area contributed by atoms with Gasteiger partial charge in [0.05, 0.1) is 30.8 Å². The average Bonchev–Trinajstić information content (AvgIpc) is 3.51. The summed E-state index contributed by atoms with van der Waals surface area (Å²) in [4.78, 5) is 44.6. The van der Waals surface area contributed by atoms with Crippen LogP contribution < -0.4 is 10.6 Å². The van der Waals surface area contributed by atoms with Crippen LogP contribution in [0.3, 0.4) is 0 Å². The van der Waals surface area contributed by atoms with Crippen LogP contribution in [0.5, 0.6) is 0 Å². The molecule has 6 rings (SSSR count). The summed E-state index contributed by atoms with van der Waals surface area (Å²) in [6, 6.07) is 11.6. The van der Waals surface area contributed by atoms with Crippen molar-refractivity contribution in [2.75, 3.05) is 13.1 Å². The molecule has 2 aromatic heterocycles. The first-order chi connectivity index (χ1) is 21.2. The van der Waals surface area contributed by atoms with Gasteiger partial charge in [-0.3, -0.25) is 19.5 Å². The normalized spacial score (nSPS) is 18.9. The third-order valence-corrected chi connectivity index (χ3v) is 8.07. The number of allylic oxidation sites excluding steroid dienone is 1. The van der Waals surface area contributed by atoms with Crippen LogP contribution in [0.4, 0.5) is 8.78 Å². The fraction of sp³-hybridized carbons (Fsp3) is 0.303. The molecule has 1 aliphatic heterocycles. The molecule has 2 aromatic carbocycles. The van der Waals surface area contributed by atoms with Gasteiger partial charge in [-0.05, 0) is 72.7 Å². The predicted molar refractivity (Wildman–Crippen MR) is 161 cm³/mol. The average molecular weight is 599 g/mol. The summed E-state index contributed by atoms with van der Waals surface area (Å²) < 4.78 is 28.0. The highest BCUT2D eigenvalue weighted by Gasteiger charge is 2.40. The second kappa shape index (κ2) is 12.4.